The van der Waals surface area contributed by atoms with Crippen LogP contribution < -0.4 is 5.56 Å². The predicted octanol–water partition coefficient (Wildman–Crippen LogP) is 6.73. The molecule has 3 aromatic carbocycles. The van der Waals surface area contributed by atoms with Gasteiger partial charge in [-0.2, -0.15) is 10.4 Å². The van der Waals surface area contributed by atoms with Crippen LogP contribution in [0.3, 0.4) is 0 Å². The third-order valence-corrected chi connectivity index (χ3v) is 7.04. The number of hydrogen-bond acceptors (Lipinski definition) is 5. The Morgan fingerprint density at radius 1 is 1.05 bits per heavy atom. The van der Waals surface area contributed by atoms with Crippen molar-refractivity contribution in [3.8, 4) is 23.0 Å². The number of benzene rings is 3. The second kappa shape index (κ2) is 11.1. The van der Waals surface area contributed by atoms with Crippen LogP contribution in [-0.4, -0.2) is 25.5 Å². The van der Waals surface area contributed by atoms with Crippen molar-refractivity contribution in [2.24, 2.45) is 0 Å². The Balaban J connectivity index is 1.59. The fourth-order valence-corrected chi connectivity index (χ4v) is 4.99. The van der Waals surface area contributed by atoms with E-state index in [4.69, 9.17) is 5.10 Å². The van der Waals surface area contributed by atoms with Crippen molar-refractivity contribution in [3.63, 3.8) is 0 Å². The highest BCUT2D eigenvalue weighted by molar-refractivity contribution is 7.99. The summed E-state index contributed by atoms with van der Waals surface area (Å²) in [5.74, 6) is 1.32. The van der Waals surface area contributed by atoms with E-state index in [-0.39, 0.29) is 17.0 Å². The van der Waals surface area contributed by atoms with Crippen molar-refractivity contribution < 1.29 is 0 Å². The Morgan fingerprint density at radius 3 is 2.57 bits per heavy atom. The van der Waals surface area contributed by atoms with Crippen LogP contribution in [0.15, 0.2) is 94.7 Å². The molecule has 5 aromatic rings. The van der Waals surface area contributed by atoms with Crippen LogP contribution in [0.4, 0.5) is 0 Å². The van der Waals surface area contributed by atoms with Crippen molar-refractivity contribution in [2.75, 3.05) is 5.75 Å². The van der Waals surface area contributed by atoms with Crippen molar-refractivity contribution in [1.29, 1.82) is 5.26 Å². The summed E-state index contributed by atoms with van der Waals surface area (Å²) in [7, 11) is 0. The van der Waals surface area contributed by atoms with Gasteiger partial charge in [-0.3, -0.25) is 4.79 Å². The van der Waals surface area contributed by atoms with Gasteiger partial charge >= 0.3 is 0 Å². The van der Waals surface area contributed by atoms with Gasteiger partial charge in [0.1, 0.15) is 6.07 Å². The fraction of sp³-hybridized carbons (Fsp3) is 0.133. The number of H-pyrrole nitrogens is 1. The van der Waals surface area contributed by atoms with E-state index in [1.165, 1.54) is 17.7 Å². The quantitative estimate of drug-likeness (QED) is 0.144. The first-order chi connectivity index (χ1) is 18.2. The largest absolute Gasteiger partial charge is 0.305 e. The molecule has 0 saturated carbocycles. The topological polar surface area (TPSA) is 87.4 Å². The van der Waals surface area contributed by atoms with Gasteiger partial charge in [0.15, 0.2) is 5.82 Å². The van der Waals surface area contributed by atoms with Crippen LogP contribution in [-0.2, 0) is 0 Å². The molecule has 2 heterocycles. The lowest BCUT2D eigenvalue weighted by molar-refractivity contribution is 0.884. The van der Waals surface area contributed by atoms with Gasteiger partial charge in [-0.25, -0.2) is 9.67 Å². The van der Waals surface area contributed by atoms with E-state index in [1.807, 2.05) is 54.4 Å². The lowest BCUT2D eigenvalue weighted by Crippen LogP contribution is -2.11. The minimum Gasteiger partial charge on any atom is -0.305 e. The first kappa shape index (κ1) is 24.3. The summed E-state index contributed by atoms with van der Waals surface area (Å²) >= 11 is 1.85. The standard InChI is InChI=1S/C30H25N5OS/c1-2-3-17-37-25-15-13-21(14-16-25)28-23(20-35(34-28)24-9-5-4-6-10-24)18-22(19-31)29-32-27-12-8-7-11-26(27)30(36)33-29/h4-16,18,20H,2-3,17H2,1H3,(H,32,33,36)/b22-18+. The summed E-state index contributed by atoms with van der Waals surface area (Å²) in [5, 5.41) is 15.4. The van der Waals surface area contributed by atoms with E-state index in [1.54, 1.807) is 29.0 Å². The van der Waals surface area contributed by atoms with Gasteiger partial charge in [-0.05, 0) is 54.6 Å². The van der Waals surface area contributed by atoms with Crippen LogP contribution in [0, 0.1) is 11.3 Å². The van der Waals surface area contributed by atoms with Crippen LogP contribution in [0.25, 0.3) is 39.5 Å². The van der Waals surface area contributed by atoms with Crippen molar-refractivity contribution >= 4 is 34.3 Å². The zero-order valence-electron chi connectivity index (χ0n) is 20.4. The molecule has 0 aliphatic carbocycles. The van der Waals surface area contributed by atoms with E-state index in [9.17, 15) is 10.1 Å². The number of rotatable bonds is 8. The third-order valence-electron chi connectivity index (χ3n) is 5.95. The van der Waals surface area contributed by atoms with Crippen LogP contribution in [0.5, 0.6) is 0 Å². The van der Waals surface area contributed by atoms with Crippen LogP contribution in [0.2, 0.25) is 0 Å². The van der Waals surface area contributed by atoms with Gasteiger partial charge in [0, 0.05) is 22.2 Å². The molecular formula is C30H25N5OS. The molecule has 0 atom stereocenters. The summed E-state index contributed by atoms with van der Waals surface area (Å²) in [5.41, 5.74) is 3.86. The molecule has 0 bridgehead atoms. The maximum atomic E-state index is 12.6. The van der Waals surface area contributed by atoms with Crippen molar-refractivity contribution in [3.05, 3.63) is 107 Å². The number of unbranched alkanes of at least 4 members (excludes halogenated alkanes) is 1. The zero-order valence-corrected chi connectivity index (χ0v) is 21.2. The molecule has 0 unspecified atom stereocenters. The second-order valence-corrected chi connectivity index (χ2v) is 9.71. The predicted molar refractivity (Wildman–Crippen MR) is 150 cm³/mol. The normalized spacial score (nSPS) is 11.5. The molecule has 182 valence electrons. The number of nitriles is 1. The molecule has 1 N–H and O–H groups in total. The molecule has 2 aromatic heterocycles. The minimum atomic E-state index is -0.280. The Labute approximate surface area is 219 Å². The average molecular weight is 504 g/mol. The van der Waals surface area contributed by atoms with Crippen LogP contribution in [0.1, 0.15) is 31.2 Å². The highest BCUT2D eigenvalue weighted by atomic mass is 32.2. The van der Waals surface area contributed by atoms with Gasteiger partial charge in [0.25, 0.3) is 5.56 Å². The minimum absolute atomic E-state index is 0.229. The van der Waals surface area contributed by atoms with E-state index >= 15 is 0 Å². The molecule has 0 fully saturated rings. The Kier molecular flexibility index (Phi) is 7.29. The fourth-order valence-electron chi connectivity index (χ4n) is 4.00. The van der Waals surface area contributed by atoms with E-state index in [2.05, 4.69) is 47.2 Å². The third kappa shape index (κ3) is 5.40. The lowest BCUT2D eigenvalue weighted by atomic mass is 10.1. The van der Waals surface area contributed by atoms with Crippen molar-refractivity contribution in [2.45, 2.75) is 24.7 Å². The number of para-hydroxylation sites is 2. The number of nitrogens with one attached hydrogen (secondary N) is 1. The molecule has 7 heteroatoms. The molecular weight excluding hydrogens is 478 g/mol. The van der Waals surface area contributed by atoms with Gasteiger partial charge in [0.05, 0.1) is 27.9 Å². The maximum absolute atomic E-state index is 12.6. The number of fused-ring (bicyclic) bond motifs is 1. The molecule has 37 heavy (non-hydrogen) atoms. The average Bonchev–Trinajstić information content (AvgIpc) is 3.36. The van der Waals surface area contributed by atoms with Crippen LogP contribution >= 0.6 is 11.8 Å². The molecule has 0 aliphatic rings. The van der Waals surface area contributed by atoms with E-state index in [0.717, 1.165) is 28.3 Å². The SMILES string of the molecule is CCCCSc1ccc(-c2nn(-c3ccccc3)cc2/C=C(\C#N)c2nc3ccccc3c(=O)[nH]2)cc1. The van der Waals surface area contributed by atoms with Gasteiger partial charge in [0.2, 0.25) is 0 Å². The molecule has 0 aliphatic heterocycles. The summed E-state index contributed by atoms with van der Waals surface area (Å²) < 4.78 is 1.80. The summed E-state index contributed by atoms with van der Waals surface area (Å²) in [6.45, 7) is 2.19. The number of hydrogen-bond donors (Lipinski definition) is 1. The molecule has 0 spiro atoms. The first-order valence-corrected chi connectivity index (χ1v) is 13.1. The summed E-state index contributed by atoms with van der Waals surface area (Å²) in [6, 6.07) is 27.5. The molecule has 5 rings (SSSR count). The lowest BCUT2D eigenvalue weighted by Gasteiger charge is -2.04. The number of aromatic nitrogens is 4. The number of nitrogens with zero attached hydrogens (tertiary/aromatic N) is 4. The number of thioether (sulfide) groups is 1. The monoisotopic (exact) mass is 503 g/mol. The van der Waals surface area contributed by atoms with E-state index in [0.29, 0.717) is 10.9 Å². The zero-order chi connectivity index (χ0) is 25.6. The number of aromatic amines is 1. The molecule has 0 saturated heterocycles. The first-order valence-electron chi connectivity index (χ1n) is 12.2. The van der Waals surface area contributed by atoms with Gasteiger partial charge in [-0.15, -0.1) is 11.8 Å². The maximum Gasteiger partial charge on any atom is 0.259 e. The van der Waals surface area contributed by atoms with Gasteiger partial charge in [-0.1, -0.05) is 55.8 Å². The number of allylic oxidation sites excluding steroid dienone is 1. The van der Waals surface area contributed by atoms with Gasteiger partial charge < -0.3 is 4.98 Å². The molecule has 0 radical (unpaired) electrons. The highest BCUT2D eigenvalue weighted by Gasteiger charge is 2.15. The highest BCUT2D eigenvalue weighted by Crippen LogP contribution is 2.29. The molecule has 0 amide bonds. The summed E-state index contributed by atoms with van der Waals surface area (Å²) in [6.07, 6.45) is 5.99. The second-order valence-electron chi connectivity index (χ2n) is 8.54. The Hall–Kier alpha value is -4.41. The van der Waals surface area contributed by atoms with Crippen molar-refractivity contribution in [1.82, 2.24) is 19.7 Å². The molecule has 6 nitrogen and oxygen atoms in total. The Bertz CT molecular complexity index is 1660. The Morgan fingerprint density at radius 2 is 1.81 bits per heavy atom. The summed E-state index contributed by atoms with van der Waals surface area (Å²) in [4.78, 5) is 21.1. The smallest absolute Gasteiger partial charge is 0.259 e. The van der Waals surface area contributed by atoms with E-state index < -0.39 is 0 Å².